The molecule has 0 bridgehead atoms. The first-order valence-corrected chi connectivity index (χ1v) is 10.3. The van der Waals surface area contributed by atoms with Crippen molar-refractivity contribution in [3.8, 4) is 0 Å². The second kappa shape index (κ2) is 8.29. The van der Waals surface area contributed by atoms with E-state index in [-0.39, 0.29) is 6.17 Å². The Morgan fingerprint density at radius 3 is 2.86 bits per heavy atom. The number of benzene rings is 2. The predicted octanol–water partition coefficient (Wildman–Crippen LogP) is 4.65. The first-order chi connectivity index (χ1) is 13.7. The van der Waals surface area contributed by atoms with Crippen LogP contribution in [0, 0.1) is 13.8 Å². The molecule has 0 saturated carbocycles. The van der Waals surface area contributed by atoms with Gasteiger partial charge in [-0.25, -0.2) is 4.98 Å². The van der Waals surface area contributed by atoms with Gasteiger partial charge in [0.2, 0.25) is 0 Å². The average Bonchev–Trinajstić information content (AvgIpc) is 2.74. The molecular formula is C24H30N4. The van der Waals surface area contributed by atoms with E-state index in [2.05, 4.69) is 89.8 Å². The monoisotopic (exact) mass is 374 g/mol. The van der Waals surface area contributed by atoms with Gasteiger partial charge in [-0.1, -0.05) is 49.4 Å². The summed E-state index contributed by atoms with van der Waals surface area (Å²) in [5, 5.41) is 9.86. The summed E-state index contributed by atoms with van der Waals surface area (Å²) in [6.07, 6.45) is 3.20. The summed E-state index contributed by atoms with van der Waals surface area (Å²) in [4.78, 5) is 7.20. The Balaban J connectivity index is 1.55. The number of nitrogens with one attached hydrogen (secondary N) is 2. The molecule has 28 heavy (non-hydrogen) atoms. The number of anilines is 1. The number of nitrogens with zero attached hydrogens (tertiary/aromatic N) is 2. The van der Waals surface area contributed by atoms with Gasteiger partial charge in [0.25, 0.3) is 0 Å². The normalized spacial score (nSPS) is 18.9. The van der Waals surface area contributed by atoms with Crippen LogP contribution in [0.25, 0.3) is 10.8 Å². The van der Waals surface area contributed by atoms with Gasteiger partial charge in [-0.3, -0.25) is 4.90 Å². The Bertz CT molecular complexity index is 947. The highest BCUT2D eigenvalue weighted by Gasteiger charge is 2.27. The molecular weight excluding hydrogens is 344 g/mol. The molecule has 0 amide bonds. The average molecular weight is 375 g/mol. The van der Waals surface area contributed by atoms with Crippen LogP contribution in [0.1, 0.15) is 36.1 Å². The second-order valence-electron chi connectivity index (χ2n) is 7.74. The highest BCUT2D eigenvalue weighted by Crippen LogP contribution is 2.26. The van der Waals surface area contributed by atoms with Crippen LogP contribution in [-0.4, -0.2) is 35.7 Å². The molecule has 2 heterocycles. The van der Waals surface area contributed by atoms with Crippen molar-refractivity contribution in [1.29, 1.82) is 0 Å². The Hall–Kier alpha value is -2.43. The largest absolute Gasteiger partial charge is 0.354 e. The number of fused-ring (bicyclic) bond motifs is 1. The third kappa shape index (κ3) is 3.75. The van der Waals surface area contributed by atoms with Crippen molar-refractivity contribution in [1.82, 2.24) is 15.2 Å². The van der Waals surface area contributed by atoms with Gasteiger partial charge in [-0.15, -0.1) is 0 Å². The van der Waals surface area contributed by atoms with E-state index in [9.17, 15) is 0 Å². The molecule has 0 spiro atoms. The van der Waals surface area contributed by atoms with Crippen molar-refractivity contribution < 1.29 is 0 Å². The van der Waals surface area contributed by atoms with E-state index in [1.54, 1.807) is 0 Å². The van der Waals surface area contributed by atoms with Crippen LogP contribution < -0.4 is 10.6 Å². The zero-order valence-corrected chi connectivity index (χ0v) is 17.1. The summed E-state index contributed by atoms with van der Waals surface area (Å²) in [6, 6.07) is 17.5. The van der Waals surface area contributed by atoms with Crippen molar-refractivity contribution in [3.63, 3.8) is 0 Å². The maximum atomic E-state index is 4.64. The molecule has 1 aliphatic heterocycles. The maximum Gasteiger partial charge on any atom is 0.135 e. The summed E-state index contributed by atoms with van der Waals surface area (Å²) >= 11 is 0. The smallest absolute Gasteiger partial charge is 0.135 e. The summed E-state index contributed by atoms with van der Waals surface area (Å²) in [6.45, 7) is 9.72. The number of aryl methyl sites for hydroxylation is 1. The molecule has 2 N–H and O–H groups in total. The molecule has 1 aliphatic rings. The van der Waals surface area contributed by atoms with Crippen LogP contribution >= 0.6 is 0 Å². The van der Waals surface area contributed by atoms with Gasteiger partial charge in [0.1, 0.15) is 5.82 Å². The molecule has 1 saturated heterocycles. The topological polar surface area (TPSA) is 40.2 Å². The summed E-state index contributed by atoms with van der Waals surface area (Å²) in [7, 11) is 0. The van der Waals surface area contributed by atoms with Crippen LogP contribution in [0.15, 0.2) is 54.7 Å². The first-order valence-electron chi connectivity index (χ1n) is 10.3. The standard InChI is InChI=1S/C24H30N4/c1-4-23(27-24-21-10-6-5-9-19(21)12-13-26-24)28-15-14-25-22(16-28)20-11-7-8-17(2)18(20)3/h5-13,22-23,25H,4,14-16H2,1-3H3,(H,26,27). The van der Waals surface area contributed by atoms with E-state index in [1.807, 2.05) is 6.20 Å². The lowest BCUT2D eigenvalue weighted by Crippen LogP contribution is -2.52. The van der Waals surface area contributed by atoms with E-state index in [4.69, 9.17) is 0 Å². The van der Waals surface area contributed by atoms with Crippen LogP contribution in [0.2, 0.25) is 0 Å². The third-order valence-corrected chi connectivity index (χ3v) is 6.03. The number of pyridine rings is 1. The lowest BCUT2D eigenvalue weighted by atomic mass is 9.96. The molecule has 1 aromatic heterocycles. The Kier molecular flexibility index (Phi) is 5.60. The molecule has 4 rings (SSSR count). The molecule has 0 radical (unpaired) electrons. The van der Waals surface area contributed by atoms with Crippen molar-refractivity contribution in [3.05, 3.63) is 71.4 Å². The molecule has 0 aliphatic carbocycles. The quantitative estimate of drug-likeness (QED) is 0.682. The van der Waals surface area contributed by atoms with Crippen LogP contribution in [0.3, 0.4) is 0 Å². The summed E-state index contributed by atoms with van der Waals surface area (Å²) < 4.78 is 0. The van der Waals surface area contributed by atoms with E-state index >= 15 is 0 Å². The number of hydrogen-bond acceptors (Lipinski definition) is 4. The van der Waals surface area contributed by atoms with Crippen LogP contribution in [-0.2, 0) is 0 Å². The highest BCUT2D eigenvalue weighted by molar-refractivity contribution is 5.91. The van der Waals surface area contributed by atoms with Crippen LogP contribution in [0.4, 0.5) is 5.82 Å². The third-order valence-electron chi connectivity index (χ3n) is 6.03. The van der Waals surface area contributed by atoms with Gasteiger partial charge in [-0.2, -0.15) is 0 Å². The van der Waals surface area contributed by atoms with Crippen molar-refractivity contribution in [2.45, 2.75) is 39.4 Å². The summed E-state index contributed by atoms with van der Waals surface area (Å²) in [5.41, 5.74) is 4.18. The number of piperazine rings is 1. The molecule has 146 valence electrons. The molecule has 4 nitrogen and oxygen atoms in total. The maximum absolute atomic E-state index is 4.64. The molecule has 2 aromatic carbocycles. The number of hydrogen-bond donors (Lipinski definition) is 2. The fourth-order valence-electron chi connectivity index (χ4n) is 4.26. The molecule has 2 unspecified atom stereocenters. The Labute approximate surface area is 168 Å². The highest BCUT2D eigenvalue weighted by atomic mass is 15.3. The Morgan fingerprint density at radius 1 is 1.14 bits per heavy atom. The zero-order chi connectivity index (χ0) is 19.5. The van der Waals surface area contributed by atoms with Crippen molar-refractivity contribution >= 4 is 16.6 Å². The fraction of sp³-hybridized carbons (Fsp3) is 0.375. The van der Waals surface area contributed by atoms with Gasteiger partial charge < -0.3 is 10.6 Å². The molecule has 4 heteroatoms. The minimum Gasteiger partial charge on any atom is -0.354 e. The van der Waals surface area contributed by atoms with Crippen molar-refractivity contribution in [2.75, 3.05) is 25.0 Å². The summed E-state index contributed by atoms with van der Waals surface area (Å²) in [5.74, 6) is 0.978. The fourth-order valence-corrected chi connectivity index (χ4v) is 4.26. The second-order valence-corrected chi connectivity index (χ2v) is 7.74. The van der Waals surface area contributed by atoms with E-state index in [0.29, 0.717) is 6.04 Å². The Morgan fingerprint density at radius 2 is 2.00 bits per heavy atom. The van der Waals surface area contributed by atoms with Gasteiger partial charge in [-0.05, 0) is 48.4 Å². The van der Waals surface area contributed by atoms with Crippen molar-refractivity contribution in [2.24, 2.45) is 0 Å². The van der Waals surface area contributed by atoms with E-state index in [1.165, 1.54) is 27.5 Å². The SMILES string of the molecule is CCC(Nc1nccc2ccccc12)N1CCNC(c2cccc(C)c2C)C1. The zero-order valence-electron chi connectivity index (χ0n) is 17.1. The van der Waals surface area contributed by atoms with Crippen LogP contribution in [0.5, 0.6) is 0 Å². The molecule has 3 aromatic rings. The van der Waals surface area contributed by atoms with Gasteiger partial charge in [0.05, 0.1) is 6.17 Å². The first kappa shape index (κ1) is 18.9. The minimum absolute atomic E-state index is 0.271. The van der Waals surface area contributed by atoms with E-state index < -0.39 is 0 Å². The lowest BCUT2D eigenvalue weighted by molar-refractivity contribution is 0.154. The predicted molar refractivity (Wildman–Crippen MR) is 118 cm³/mol. The number of aromatic nitrogens is 1. The van der Waals surface area contributed by atoms with Gasteiger partial charge >= 0.3 is 0 Å². The minimum atomic E-state index is 0.271. The molecule has 2 atom stereocenters. The van der Waals surface area contributed by atoms with E-state index in [0.717, 1.165) is 31.9 Å². The number of rotatable bonds is 5. The molecule has 1 fully saturated rings. The lowest BCUT2D eigenvalue weighted by Gasteiger charge is -2.39. The van der Waals surface area contributed by atoms with Gasteiger partial charge in [0, 0.05) is 37.3 Å². The van der Waals surface area contributed by atoms with Gasteiger partial charge in [0.15, 0.2) is 0 Å².